The number of hydrogen-bond donors (Lipinski definition) is 2. The van der Waals surface area contributed by atoms with Crippen molar-refractivity contribution in [2.24, 2.45) is 0 Å². The molecule has 2 aliphatic heterocycles. The summed E-state index contributed by atoms with van der Waals surface area (Å²) in [5, 5.41) is 12.9. The van der Waals surface area contributed by atoms with E-state index in [2.05, 4.69) is 5.32 Å². The van der Waals surface area contributed by atoms with Crippen LogP contribution in [0, 0.1) is 0 Å². The molecule has 0 spiro atoms. The smallest absolute Gasteiger partial charge is 0.262 e. The summed E-state index contributed by atoms with van der Waals surface area (Å²) in [6.07, 6.45) is 1.07. The molecule has 2 N–H and O–H groups in total. The highest BCUT2D eigenvalue weighted by atomic mass is 16.5. The van der Waals surface area contributed by atoms with Crippen LogP contribution in [0.1, 0.15) is 24.5 Å². The quantitative estimate of drug-likeness (QED) is 0.685. The fourth-order valence-corrected chi connectivity index (χ4v) is 4.24. The summed E-state index contributed by atoms with van der Waals surface area (Å²) in [7, 11) is 0. The zero-order valence-electron chi connectivity index (χ0n) is 17.8. The van der Waals surface area contributed by atoms with Crippen molar-refractivity contribution in [1.82, 2.24) is 4.90 Å². The molecule has 2 aromatic carbocycles. The van der Waals surface area contributed by atoms with Gasteiger partial charge in [-0.2, -0.15) is 0 Å². The van der Waals surface area contributed by atoms with Crippen LogP contribution >= 0.6 is 0 Å². The number of aliphatic hydroxyl groups excluding tert-OH is 1. The first-order chi connectivity index (χ1) is 15.7. The van der Waals surface area contributed by atoms with Gasteiger partial charge >= 0.3 is 0 Å². The van der Waals surface area contributed by atoms with E-state index >= 15 is 0 Å². The number of amides is 2. The van der Waals surface area contributed by atoms with Crippen LogP contribution in [0.5, 0.6) is 5.75 Å². The number of nitrogens with zero attached hydrogens (tertiary/aromatic N) is 1. The van der Waals surface area contributed by atoms with Gasteiger partial charge in [0.25, 0.3) is 5.91 Å². The van der Waals surface area contributed by atoms with Gasteiger partial charge in [0.2, 0.25) is 5.91 Å². The number of anilines is 1. The molecular weight excluding hydrogens is 412 g/mol. The summed E-state index contributed by atoms with van der Waals surface area (Å²) in [4.78, 5) is 26.5. The molecule has 4 rings (SSSR count). The van der Waals surface area contributed by atoms with Crippen molar-refractivity contribution in [3.05, 3.63) is 60.2 Å². The van der Waals surface area contributed by atoms with Crippen molar-refractivity contribution in [2.75, 3.05) is 38.4 Å². The first kappa shape index (κ1) is 22.3. The third-order valence-electron chi connectivity index (χ3n) is 5.79. The lowest BCUT2D eigenvalue weighted by atomic mass is 9.95. The van der Waals surface area contributed by atoms with Crippen molar-refractivity contribution in [2.45, 2.75) is 31.0 Å². The average molecular weight is 440 g/mol. The molecule has 0 saturated carbocycles. The van der Waals surface area contributed by atoms with E-state index in [1.54, 1.807) is 29.2 Å². The van der Waals surface area contributed by atoms with E-state index in [9.17, 15) is 14.7 Å². The van der Waals surface area contributed by atoms with Crippen molar-refractivity contribution < 1.29 is 28.9 Å². The summed E-state index contributed by atoms with van der Waals surface area (Å²) < 4.78 is 16.7. The Balaban J connectivity index is 1.38. The van der Waals surface area contributed by atoms with Crippen LogP contribution in [0.15, 0.2) is 54.6 Å². The molecule has 2 aromatic rings. The molecule has 2 aliphatic rings. The lowest BCUT2D eigenvalue weighted by molar-refractivity contribution is -0.168. The Morgan fingerprint density at radius 3 is 2.50 bits per heavy atom. The van der Waals surface area contributed by atoms with Crippen LogP contribution in [0.25, 0.3) is 0 Å². The van der Waals surface area contributed by atoms with Gasteiger partial charge in [0.05, 0.1) is 12.6 Å². The number of morpholine rings is 1. The number of benzene rings is 2. The molecule has 2 atom stereocenters. The minimum absolute atomic E-state index is 0.0200. The normalized spacial score (nSPS) is 21.9. The zero-order valence-corrected chi connectivity index (χ0v) is 17.8. The lowest BCUT2D eigenvalue weighted by Gasteiger charge is -2.45. The van der Waals surface area contributed by atoms with E-state index in [0.717, 1.165) is 18.4 Å². The van der Waals surface area contributed by atoms with Gasteiger partial charge in [-0.15, -0.1) is 0 Å². The van der Waals surface area contributed by atoms with Crippen LogP contribution in [0.4, 0.5) is 5.69 Å². The molecular formula is C24H28N2O6. The topological polar surface area (TPSA) is 97.3 Å². The standard InChI is InChI=1S/C24H28N2O6/c27-14-21-24(32-16-23(29)26(21)19-10-12-30-13-11-19)17-6-8-18(9-7-17)25-22(28)15-31-20-4-2-1-3-5-20/h1-9,19,21,24,27H,10-16H2,(H,25,28). The van der Waals surface area contributed by atoms with Gasteiger partial charge in [-0.25, -0.2) is 0 Å². The number of para-hydroxylation sites is 1. The van der Waals surface area contributed by atoms with Crippen LogP contribution in [-0.2, 0) is 19.1 Å². The molecule has 0 bridgehead atoms. The molecule has 0 aromatic heterocycles. The van der Waals surface area contributed by atoms with Gasteiger partial charge in [-0.05, 0) is 42.7 Å². The van der Waals surface area contributed by atoms with Crippen LogP contribution in [0.3, 0.4) is 0 Å². The number of carbonyl (C=O) groups is 2. The molecule has 2 amide bonds. The second-order valence-corrected chi connectivity index (χ2v) is 7.90. The van der Waals surface area contributed by atoms with Gasteiger partial charge < -0.3 is 29.5 Å². The number of hydrogen-bond acceptors (Lipinski definition) is 6. The number of aliphatic hydroxyl groups is 1. The average Bonchev–Trinajstić information content (AvgIpc) is 2.84. The van der Waals surface area contributed by atoms with Gasteiger partial charge in [0.15, 0.2) is 6.61 Å². The SMILES string of the molecule is O=C(COc1ccccc1)Nc1ccc(C2OCC(=O)N(C3CCOCC3)C2CO)cc1. The minimum Gasteiger partial charge on any atom is -0.484 e. The van der Waals surface area contributed by atoms with E-state index in [0.29, 0.717) is 24.7 Å². The van der Waals surface area contributed by atoms with E-state index in [-0.39, 0.29) is 37.7 Å². The monoisotopic (exact) mass is 440 g/mol. The zero-order chi connectivity index (χ0) is 22.3. The number of carbonyl (C=O) groups excluding carboxylic acids is 2. The fraction of sp³-hybridized carbons (Fsp3) is 0.417. The Bertz CT molecular complexity index is 898. The second kappa shape index (κ2) is 10.6. The molecule has 2 saturated heterocycles. The summed E-state index contributed by atoms with van der Waals surface area (Å²) in [6.45, 7) is 0.921. The molecule has 0 aliphatic carbocycles. The predicted molar refractivity (Wildman–Crippen MR) is 117 cm³/mol. The molecule has 0 radical (unpaired) electrons. The molecule has 32 heavy (non-hydrogen) atoms. The predicted octanol–water partition coefficient (Wildman–Crippen LogP) is 2.14. The van der Waals surface area contributed by atoms with Gasteiger partial charge in [-0.3, -0.25) is 9.59 Å². The minimum atomic E-state index is -0.459. The summed E-state index contributed by atoms with van der Waals surface area (Å²) in [5.41, 5.74) is 1.47. The first-order valence-electron chi connectivity index (χ1n) is 10.8. The molecule has 2 fully saturated rings. The number of nitrogens with one attached hydrogen (secondary N) is 1. The van der Waals surface area contributed by atoms with Crippen molar-refractivity contribution in [1.29, 1.82) is 0 Å². The van der Waals surface area contributed by atoms with E-state index in [1.807, 2.05) is 30.3 Å². The van der Waals surface area contributed by atoms with Gasteiger partial charge in [0.1, 0.15) is 18.5 Å². The number of rotatable bonds is 7. The third kappa shape index (κ3) is 5.27. The van der Waals surface area contributed by atoms with Crippen molar-refractivity contribution >= 4 is 17.5 Å². The molecule has 8 heteroatoms. The lowest BCUT2D eigenvalue weighted by Crippen LogP contribution is -2.57. The highest BCUT2D eigenvalue weighted by Gasteiger charge is 2.41. The maximum Gasteiger partial charge on any atom is 0.262 e. The Labute approximate surface area is 187 Å². The summed E-state index contributed by atoms with van der Waals surface area (Å²) in [5.74, 6) is 0.265. The molecule has 170 valence electrons. The fourth-order valence-electron chi connectivity index (χ4n) is 4.24. The van der Waals surface area contributed by atoms with Gasteiger partial charge in [0, 0.05) is 24.9 Å². The Morgan fingerprint density at radius 2 is 1.81 bits per heavy atom. The Morgan fingerprint density at radius 1 is 1.09 bits per heavy atom. The third-order valence-corrected chi connectivity index (χ3v) is 5.79. The first-order valence-corrected chi connectivity index (χ1v) is 10.8. The van der Waals surface area contributed by atoms with Crippen LogP contribution < -0.4 is 10.1 Å². The van der Waals surface area contributed by atoms with Crippen molar-refractivity contribution in [3.63, 3.8) is 0 Å². The van der Waals surface area contributed by atoms with Crippen molar-refractivity contribution in [3.8, 4) is 5.75 Å². The highest BCUT2D eigenvalue weighted by molar-refractivity contribution is 5.91. The van der Waals surface area contributed by atoms with Gasteiger partial charge in [-0.1, -0.05) is 30.3 Å². The number of ether oxygens (including phenoxy) is 3. The van der Waals surface area contributed by atoms with E-state index < -0.39 is 12.1 Å². The maximum absolute atomic E-state index is 12.6. The molecule has 2 unspecified atom stereocenters. The molecule has 2 heterocycles. The van der Waals surface area contributed by atoms with Crippen LogP contribution in [0.2, 0.25) is 0 Å². The largest absolute Gasteiger partial charge is 0.484 e. The Hall–Kier alpha value is -2.94. The second-order valence-electron chi connectivity index (χ2n) is 7.90. The van der Waals surface area contributed by atoms with E-state index in [1.165, 1.54) is 0 Å². The molecule has 8 nitrogen and oxygen atoms in total. The summed E-state index contributed by atoms with van der Waals surface area (Å²) in [6, 6.07) is 16.0. The van der Waals surface area contributed by atoms with E-state index in [4.69, 9.17) is 14.2 Å². The maximum atomic E-state index is 12.6. The highest BCUT2D eigenvalue weighted by Crippen LogP contribution is 2.33. The van der Waals surface area contributed by atoms with Crippen LogP contribution in [-0.4, -0.2) is 66.9 Å². The summed E-state index contributed by atoms with van der Waals surface area (Å²) >= 11 is 0. The Kier molecular flexibility index (Phi) is 7.36.